The lowest BCUT2D eigenvalue weighted by molar-refractivity contribution is 0.0884. The molecule has 2 bridgehead atoms. The van der Waals surface area contributed by atoms with Crippen molar-refractivity contribution < 1.29 is 4.74 Å². The Hall–Kier alpha value is -0.930. The molecule has 0 spiro atoms. The van der Waals surface area contributed by atoms with Crippen molar-refractivity contribution in [3.8, 4) is 0 Å². The van der Waals surface area contributed by atoms with Gasteiger partial charge in [0, 0.05) is 24.4 Å². The first-order chi connectivity index (χ1) is 7.74. The zero-order valence-corrected chi connectivity index (χ0v) is 9.60. The van der Waals surface area contributed by atoms with Crippen LogP contribution < -0.4 is 5.73 Å². The highest BCUT2D eigenvalue weighted by atomic mass is 16.5. The fourth-order valence-corrected chi connectivity index (χ4v) is 3.06. The summed E-state index contributed by atoms with van der Waals surface area (Å²) in [5, 5.41) is 0. The van der Waals surface area contributed by atoms with E-state index in [9.17, 15) is 0 Å². The van der Waals surface area contributed by atoms with Crippen molar-refractivity contribution in [2.75, 3.05) is 0 Å². The Balaban J connectivity index is 1.80. The summed E-state index contributed by atoms with van der Waals surface area (Å²) in [5.41, 5.74) is 8.67. The second kappa shape index (κ2) is 3.82. The van der Waals surface area contributed by atoms with E-state index >= 15 is 0 Å². The van der Waals surface area contributed by atoms with Crippen molar-refractivity contribution in [3.05, 3.63) is 29.6 Å². The molecule has 0 saturated carbocycles. The summed E-state index contributed by atoms with van der Waals surface area (Å²) in [7, 11) is 0. The van der Waals surface area contributed by atoms with Crippen LogP contribution in [0, 0.1) is 12.8 Å². The summed E-state index contributed by atoms with van der Waals surface area (Å²) >= 11 is 0. The first-order valence-corrected chi connectivity index (χ1v) is 6.06. The highest BCUT2D eigenvalue weighted by Crippen LogP contribution is 2.43. The summed E-state index contributed by atoms with van der Waals surface area (Å²) in [5.74, 6) is 0.488. The number of nitrogens with two attached hydrogens (primary N) is 1. The van der Waals surface area contributed by atoms with E-state index in [1.54, 1.807) is 0 Å². The van der Waals surface area contributed by atoms with Crippen molar-refractivity contribution in [1.82, 2.24) is 4.98 Å². The van der Waals surface area contributed by atoms with Gasteiger partial charge in [0.25, 0.3) is 0 Å². The van der Waals surface area contributed by atoms with E-state index in [1.165, 1.54) is 18.4 Å². The Morgan fingerprint density at radius 3 is 2.94 bits per heavy atom. The number of rotatable bonds is 2. The molecule has 2 fully saturated rings. The third kappa shape index (κ3) is 1.64. The van der Waals surface area contributed by atoms with E-state index < -0.39 is 0 Å². The van der Waals surface area contributed by atoms with Crippen LogP contribution in [-0.4, -0.2) is 17.2 Å². The molecule has 0 aliphatic carbocycles. The number of ether oxygens (including phenoxy) is 1. The Labute approximate surface area is 96.0 Å². The van der Waals surface area contributed by atoms with Crippen LogP contribution in [0.5, 0.6) is 0 Å². The van der Waals surface area contributed by atoms with E-state index in [4.69, 9.17) is 10.5 Å². The SMILES string of the molecule is Cc1cncc(C(N)C2CC3CCC2O3)c1. The summed E-state index contributed by atoms with van der Waals surface area (Å²) in [6, 6.07) is 2.23. The molecule has 1 aromatic rings. The van der Waals surface area contributed by atoms with Gasteiger partial charge in [-0.2, -0.15) is 0 Å². The average molecular weight is 218 g/mol. The molecule has 3 heteroatoms. The zero-order chi connectivity index (χ0) is 11.1. The van der Waals surface area contributed by atoms with Crippen LogP contribution in [-0.2, 0) is 4.74 Å². The largest absolute Gasteiger partial charge is 0.375 e. The predicted molar refractivity (Wildman–Crippen MR) is 61.9 cm³/mol. The second-order valence-corrected chi connectivity index (χ2v) is 5.09. The number of hydrogen-bond acceptors (Lipinski definition) is 3. The number of aromatic nitrogens is 1. The van der Waals surface area contributed by atoms with Gasteiger partial charge in [0.05, 0.1) is 12.2 Å². The molecule has 0 amide bonds. The average Bonchev–Trinajstić information content (AvgIpc) is 2.89. The normalized spacial score (nSPS) is 34.2. The van der Waals surface area contributed by atoms with Gasteiger partial charge in [0.1, 0.15) is 0 Å². The maximum atomic E-state index is 6.34. The van der Waals surface area contributed by atoms with Crippen molar-refractivity contribution in [2.24, 2.45) is 11.7 Å². The first-order valence-electron chi connectivity index (χ1n) is 6.06. The molecule has 2 aliphatic rings. The van der Waals surface area contributed by atoms with Gasteiger partial charge in [-0.15, -0.1) is 0 Å². The van der Waals surface area contributed by atoms with Crippen molar-refractivity contribution in [3.63, 3.8) is 0 Å². The molecule has 0 radical (unpaired) electrons. The molecule has 86 valence electrons. The van der Waals surface area contributed by atoms with Gasteiger partial charge < -0.3 is 10.5 Å². The Bertz CT molecular complexity index is 393. The molecule has 0 aromatic carbocycles. The monoisotopic (exact) mass is 218 g/mol. The highest BCUT2D eigenvalue weighted by molar-refractivity contribution is 5.21. The highest BCUT2D eigenvalue weighted by Gasteiger charge is 2.43. The van der Waals surface area contributed by atoms with E-state index in [-0.39, 0.29) is 6.04 Å². The number of pyridine rings is 1. The molecule has 1 aromatic heterocycles. The van der Waals surface area contributed by atoms with Crippen LogP contribution in [0.4, 0.5) is 0 Å². The van der Waals surface area contributed by atoms with Gasteiger partial charge in [-0.25, -0.2) is 0 Å². The van der Waals surface area contributed by atoms with Crippen LogP contribution in [0.15, 0.2) is 18.5 Å². The molecular weight excluding hydrogens is 200 g/mol. The van der Waals surface area contributed by atoms with E-state index in [0.717, 1.165) is 12.0 Å². The van der Waals surface area contributed by atoms with E-state index in [2.05, 4.69) is 18.0 Å². The van der Waals surface area contributed by atoms with Crippen LogP contribution in [0.3, 0.4) is 0 Å². The zero-order valence-electron chi connectivity index (χ0n) is 9.60. The Kier molecular flexibility index (Phi) is 2.45. The molecular formula is C13H18N2O. The van der Waals surface area contributed by atoms with Crippen LogP contribution >= 0.6 is 0 Å². The number of hydrogen-bond donors (Lipinski definition) is 1. The molecule has 2 N–H and O–H groups in total. The first kappa shape index (κ1) is 10.2. The minimum atomic E-state index is 0.0858. The standard InChI is InChI=1S/C13H18N2O/c1-8-4-9(7-15-6-8)13(14)11-5-10-2-3-12(11)16-10/h4,6-7,10-13H,2-3,5,14H2,1H3. The van der Waals surface area contributed by atoms with Gasteiger partial charge >= 0.3 is 0 Å². The van der Waals surface area contributed by atoms with Gasteiger partial charge in [0.2, 0.25) is 0 Å². The van der Waals surface area contributed by atoms with Crippen LogP contribution in [0.1, 0.15) is 36.4 Å². The quantitative estimate of drug-likeness (QED) is 0.825. The lowest BCUT2D eigenvalue weighted by Gasteiger charge is -2.25. The van der Waals surface area contributed by atoms with Crippen LogP contribution in [0.25, 0.3) is 0 Å². The molecule has 3 heterocycles. The molecule has 4 unspecified atom stereocenters. The molecule has 4 atom stereocenters. The van der Waals surface area contributed by atoms with Gasteiger partial charge in [-0.05, 0) is 37.3 Å². The van der Waals surface area contributed by atoms with Gasteiger partial charge in [0.15, 0.2) is 0 Å². The van der Waals surface area contributed by atoms with Crippen molar-refractivity contribution >= 4 is 0 Å². The molecule has 2 saturated heterocycles. The Morgan fingerprint density at radius 1 is 1.44 bits per heavy atom. The molecule has 3 nitrogen and oxygen atoms in total. The number of aryl methyl sites for hydroxylation is 1. The topological polar surface area (TPSA) is 48.1 Å². The minimum Gasteiger partial charge on any atom is -0.375 e. The number of nitrogens with zero attached hydrogens (tertiary/aromatic N) is 1. The lowest BCUT2D eigenvalue weighted by Crippen LogP contribution is -2.29. The summed E-state index contributed by atoms with van der Waals surface area (Å²) in [6.07, 6.45) is 8.15. The van der Waals surface area contributed by atoms with E-state index in [0.29, 0.717) is 18.1 Å². The lowest BCUT2D eigenvalue weighted by atomic mass is 9.82. The maximum absolute atomic E-state index is 6.34. The second-order valence-electron chi connectivity index (χ2n) is 5.09. The minimum absolute atomic E-state index is 0.0858. The Morgan fingerprint density at radius 2 is 2.31 bits per heavy atom. The maximum Gasteiger partial charge on any atom is 0.0627 e. The third-order valence-corrected chi connectivity index (χ3v) is 3.90. The van der Waals surface area contributed by atoms with Crippen LogP contribution in [0.2, 0.25) is 0 Å². The van der Waals surface area contributed by atoms with Gasteiger partial charge in [-0.1, -0.05) is 6.07 Å². The van der Waals surface area contributed by atoms with Crippen molar-refractivity contribution in [1.29, 1.82) is 0 Å². The summed E-state index contributed by atoms with van der Waals surface area (Å²) < 4.78 is 5.86. The fourth-order valence-electron chi connectivity index (χ4n) is 3.06. The van der Waals surface area contributed by atoms with E-state index in [1.807, 2.05) is 12.4 Å². The summed E-state index contributed by atoms with van der Waals surface area (Å²) in [4.78, 5) is 4.22. The smallest absolute Gasteiger partial charge is 0.0627 e. The van der Waals surface area contributed by atoms with Gasteiger partial charge in [-0.3, -0.25) is 4.98 Å². The fraction of sp³-hybridized carbons (Fsp3) is 0.615. The predicted octanol–water partition coefficient (Wildman–Crippen LogP) is 1.96. The number of fused-ring (bicyclic) bond motifs is 2. The van der Waals surface area contributed by atoms with Crippen molar-refractivity contribution in [2.45, 2.75) is 44.4 Å². The molecule has 2 aliphatic heterocycles. The summed E-state index contributed by atoms with van der Waals surface area (Å²) in [6.45, 7) is 2.06. The molecule has 3 rings (SSSR count). The third-order valence-electron chi connectivity index (χ3n) is 3.90. The molecule has 16 heavy (non-hydrogen) atoms.